The zero-order chi connectivity index (χ0) is 14.3. The molecule has 0 bridgehead atoms. The van der Waals surface area contributed by atoms with Crippen molar-refractivity contribution in [1.82, 2.24) is 9.78 Å². The molecule has 0 amide bonds. The first kappa shape index (κ1) is 14.1. The lowest BCUT2D eigenvalue weighted by Crippen LogP contribution is -2.64. The van der Waals surface area contributed by atoms with Crippen molar-refractivity contribution in [2.24, 2.45) is 12.5 Å². The first-order chi connectivity index (χ1) is 9.58. The van der Waals surface area contributed by atoms with Crippen molar-refractivity contribution in [3.63, 3.8) is 0 Å². The van der Waals surface area contributed by atoms with Gasteiger partial charge >= 0.3 is 0 Å². The maximum Gasteiger partial charge on any atom is 0.282 e. The van der Waals surface area contributed by atoms with Gasteiger partial charge in [0, 0.05) is 25.1 Å². The summed E-state index contributed by atoms with van der Waals surface area (Å²) in [5.41, 5.74) is 0.953. The Bertz CT molecular complexity index is 568. The fraction of sp³-hybridized carbons (Fsp3) is 0.714. The van der Waals surface area contributed by atoms with Gasteiger partial charge in [-0.25, -0.2) is 4.68 Å². The van der Waals surface area contributed by atoms with Gasteiger partial charge < -0.3 is 10.1 Å². The maximum absolute atomic E-state index is 11.9. The zero-order valence-electron chi connectivity index (χ0n) is 11.9. The quantitative estimate of drug-likeness (QED) is 0.912. The summed E-state index contributed by atoms with van der Waals surface area (Å²) in [5, 5.41) is 7.57. The number of hydrogen-bond donors (Lipinski definition) is 1. The van der Waals surface area contributed by atoms with E-state index in [1.807, 2.05) is 0 Å². The van der Waals surface area contributed by atoms with Crippen LogP contribution in [0, 0.1) is 5.41 Å². The van der Waals surface area contributed by atoms with Crippen LogP contribution in [0.3, 0.4) is 0 Å². The lowest BCUT2D eigenvalue weighted by atomic mass is 9.51. The fourth-order valence-electron chi connectivity index (χ4n) is 3.44. The largest absolute Gasteiger partial charge is 0.379 e. The fourth-order valence-corrected chi connectivity index (χ4v) is 3.91. The second-order valence-electron chi connectivity index (χ2n) is 5.76. The van der Waals surface area contributed by atoms with E-state index in [2.05, 4.69) is 33.3 Å². The molecule has 0 aromatic carbocycles. The maximum atomic E-state index is 11.9. The second-order valence-corrected chi connectivity index (χ2v) is 6.56. The van der Waals surface area contributed by atoms with Crippen LogP contribution in [0.15, 0.2) is 15.5 Å². The van der Waals surface area contributed by atoms with E-state index in [1.54, 1.807) is 13.2 Å². The average Bonchev–Trinajstić information content (AvgIpc) is 2.35. The molecule has 1 heterocycles. The molecule has 0 unspecified atom stereocenters. The van der Waals surface area contributed by atoms with Crippen molar-refractivity contribution in [1.29, 1.82) is 0 Å². The Kier molecular flexibility index (Phi) is 3.62. The highest BCUT2D eigenvalue weighted by Crippen LogP contribution is 2.58. The molecule has 2 atom stereocenters. The number of nitrogens with one attached hydrogen (secondary N) is 1. The molecule has 0 aliphatic heterocycles. The standard InChI is InChI=1S/C14H20BrN3O2/c1-3-20-11-7-10(14(11)5-4-6-14)17-9-8-16-18(2)13(19)12(9)15/h8,10-11,17H,3-7H2,1-2H3/t10-,11-/m0/s1. The predicted molar refractivity (Wildman–Crippen MR) is 80.9 cm³/mol. The molecule has 1 aromatic heterocycles. The van der Waals surface area contributed by atoms with E-state index in [4.69, 9.17) is 4.74 Å². The molecule has 20 heavy (non-hydrogen) atoms. The van der Waals surface area contributed by atoms with Gasteiger partial charge in [0.15, 0.2) is 0 Å². The van der Waals surface area contributed by atoms with Crippen LogP contribution in [0.4, 0.5) is 5.69 Å². The van der Waals surface area contributed by atoms with Crippen molar-refractivity contribution in [3.8, 4) is 0 Å². The molecule has 5 nitrogen and oxygen atoms in total. The molecular formula is C14H20BrN3O2. The Hall–Kier alpha value is -0.880. The van der Waals surface area contributed by atoms with Crippen LogP contribution in [-0.2, 0) is 11.8 Å². The SMILES string of the molecule is CCO[C@H]1C[C@H](Nc2cnn(C)c(=O)c2Br)C12CCC2. The molecule has 110 valence electrons. The van der Waals surface area contributed by atoms with E-state index < -0.39 is 0 Å². The van der Waals surface area contributed by atoms with Gasteiger partial charge in [-0.15, -0.1) is 0 Å². The summed E-state index contributed by atoms with van der Waals surface area (Å²) in [6, 6.07) is 0.387. The number of hydrogen-bond acceptors (Lipinski definition) is 4. The first-order valence-corrected chi connectivity index (χ1v) is 7.97. The number of halogens is 1. The Labute approximate surface area is 126 Å². The third-order valence-corrected chi connectivity index (χ3v) is 5.61. The van der Waals surface area contributed by atoms with Gasteiger partial charge in [-0.3, -0.25) is 4.79 Å². The summed E-state index contributed by atoms with van der Waals surface area (Å²) in [6.45, 7) is 2.82. The smallest absolute Gasteiger partial charge is 0.282 e. The minimum absolute atomic E-state index is 0.113. The van der Waals surface area contributed by atoms with Crippen molar-refractivity contribution in [3.05, 3.63) is 21.0 Å². The Morgan fingerprint density at radius 1 is 1.60 bits per heavy atom. The summed E-state index contributed by atoms with van der Waals surface area (Å²) in [7, 11) is 1.65. The highest BCUT2D eigenvalue weighted by Gasteiger charge is 2.59. The highest BCUT2D eigenvalue weighted by molar-refractivity contribution is 9.10. The monoisotopic (exact) mass is 341 g/mol. The van der Waals surface area contributed by atoms with E-state index in [1.165, 1.54) is 23.9 Å². The molecule has 2 aliphatic carbocycles. The van der Waals surface area contributed by atoms with E-state index in [9.17, 15) is 4.79 Å². The minimum atomic E-state index is -0.113. The Balaban J connectivity index is 1.76. The van der Waals surface area contributed by atoms with Gasteiger partial charge in [-0.05, 0) is 42.1 Å². The molecule has 2 aliphatic rings. The second kappa shape index (κ2) is 5.15. The molecule has 2 saturated carbocycles. The summed E-state index contributed by atoms with van der Waals surface area (Å²) >= 11 is 3.37. The summed E-state index contributed by atoms with van der Waals surface area (Å²) in [4.78, 5) is 11.9. The minimum Gasteiger partial charge on any atom is -0.379 e. The number of aromatic nitrogens is 2. The van der Waals surface area contributed by atoms with E-state index in [-0.39, 0.29) is 11.0 Å². The lowest BCUT2D eigenvalue weighted by Gasteiger charge is -2.61. The number of aryl methyl sites for hydroxylation is 1. The van der Waals surface area contributed by atoms with Crippen molar-refractivity contribution in [2.75, 3.05) is 11.9 Å². The molecule has 1 spiro atoms. The number of ether oxygens (including phenoxy) is 1. The van der Waals surface area contributed by atoms with Crippen molar-refractivity contribution >= 4 is 21.6 Å². The van der Waals surface area contributed by atoms with Gasteiger partial charge in [0.25, 0.3) is 5.56 Å². The predicted octanol–water partition coefficient (Wildman–Crippen LogP) is 2.30. The zero-order valence-corrected chi connectivity index (χ0v) is 13.4. The Morgan fingerprint density at radius 3 is 2.95 bits per heavy atom. The van der Waals surface area contributed by atoms with Gasteiger partial charge in [-0.2, -0.15) is 5.10 Å². The average molecular weight is 342 g/mol. The van der Waals surface area contributed by atoms with E-state index >= 15 is 0 Å². The Morgan fingerprint density at radius 2 is 2.35 bits per heavy atom. The molecule has 0 radical (unpaired) electrons. The molecular weight excluding hydrogens is 322 g/mol. The van der Waals surface area contributed by atoms with Crippen LogP contribution in [0.2, 0.25) is 0 Å². The van der Waals surface area contributed by atoms with Crippen LogP contribution in [-0.4, -0.2) is 28.5 Å². The van der Waals surface area contributed by atoms with Crippen LogP contribution in [0.1, 0.15) is 32.6 Å². The first-order valence-electron chi connectivity index (χ1n) is 7.18. The number of anilines is 1. The summed E-state index contributed by atoms with van der Waals surface area (Å²) in [5.74, 6) is 0. The summed E-state index contributed by atoms with van der Waals surface area (Å²) in [6.07, 6.45) is 6.80. The van der Waals surface area contributed by atoms with Gasteiger partial charge in [0.05, 0.1) is 18.0 Å². The van der Waals surface area contributed by atoms with Crippen LogP contribution in [0.25, 0.3) is 0 Å². The molecule has 1 aromatic rings. The van der Waals surface area contributed by atoms with E-state index in [0.29, 0.717) is 16.6 Å². The topological polar surface area (TPSA) is 56.1 Å². The molecule has 0 saturated heterocycles. The van der Waals surface area contributed by atoms with Crippen LogP contribution in [0.5, 0.6) is 0 Å². The normalized spacial score (nSPS) is 26.9. The molecule has 3 rings (SSSR count). The number of nitrogens with zero attached hydrogens (tertiary/aromatic N) is 2. The third kappa shape index (κ3) is 2.00. The van der Waals surface area contributed by atoms with Gasteiger partial charge in [-0.1, -0.05) is 6.42 Å². The van der Waals surface area contributed by atoms with Gasteiger partial charge in [0.2, 0.25) is 0 Å². The van der Waals surface area contributed by atoms with Crippen molar-refractivity contribution in [2.45, 2.75) is 44.8 Å². The molecule has 1 N–H and O–H groups in total. The molecule has 6 heteroatoms. The number of rotatable bonds is 4. The summed E-state index contributed by atoms with van der Waals surface area (Å²) < 4.78 is 7.73. The van der Waals surface area contributed by atoms with E-state index in [0.717, 1.165) is 18.7 Å². The third-order valence-electron chi connectivity index (χ3n) is 4.85. The van der Waals surface area contributed by atoms with Crippen LogP contribution < -0.4 is 10.9 Å². The highest BCUT2D eigenvalue weighted by atomic mass is 79.9. The van der Waals surface area contributed by atoms with Gasteiger partial charge in [0.1, 0.15) is 4.47 Å². The molecule has 2 fully saturated rings. The van der Waals surface area contributed by atoms with Crippen molar-refractivity contribution < 1.29 is 4.74 Å². The van der Waals surface area contributed by atoms with Crippen LogP contribution >= 0.6 is 15.9 Å². The lowest BCUT2D eigenvalue weighted by molar-refractivity contribution is -0.157.